The highest BCUT2D eigenvalue weighted by atomic mass is 35.5. The van der Waals surface area contributed by atoms with Crippen LogP contribution in [0.25, 0.3) is 11.3 Å². The third-order valence-electron chi connectivity index (χ3n) is 3.86. The molecule has 9 heteroatoms. The molecular formula is C21H16Cl2N2O5. The molecule has 0 saturated carbocycles. The van der Waals surface area contributed by atoms with Gasteiger partial charge in [0.2, 0.25) is 0 Å². The van der Waals surface area contributed by atoms with Gasteiger partial charge in [-0.2, -0.15) is 5.10 Å². The number of nitrogens with one attached hydrogen (secondary N) is 1. The average molecular weight is 447 g/mol. The number of halogens is 2. The monoisotopic (exact) mass is 446 g/mol. The van der Waals surface area contributed by atoms with Gasteiger partial charge in [-0.1, -0.05) is 41.4 Å². The summed E-state index contributed by atoms with van der Waals surface area (Å²) in [7, 11) is 1.31. The van der Waals surface area contributed by atoms with Gasteiger partial charge in [0.15, 0.2) is 6.61 Å². The highest BCUT2D eigenvalue weighted by Gasteiger charge is 2.15. The van der Waals surface area contributed by atoms with Gasteiger partial charge in [0.1, 0.15) is 17.3 Å². The molecule has 0 unspecified atom stereocenters. The van der Waals surface area contributed by atoms with E-state index in [9.17, 15) is 9.59 Å². The quantitative estimate of drug-likeness (QED) is 0.326. The van der Waals surface area contributed by atoms with E-state index >= 15 is 0 Å². The molecule has 2 aromatic carbocycles. The number of benzene rings is 2. The van der Waals surface area contributed by atoms with Crippen LogP contribution in [0, 0.1) is 0 Å². The highest BCUT2D eigenvalue weighted by molar-refractivity contribution is 6.35. The van der Waals surface area contributed by atoms with Crippen molar-refractivity contribution in [2.45, 2.75) is 0 Å². The normalized spacial score (nSPS) is 10.8. The molecule has 0 radical (unpaired) electrons. The number of carbonyl (C=O) groups excluding carboxylic acids is 2. The van der Waals surface area contributed by atoms with Gasteiger partial charge in [-0.05, 0) is 36.4 Å². The van der Waals surface area contributed by atoms with Crippen molar-refractivity contribution in [3.63, 3.8) is 0 Å². The Kier molecular flexibility index (Phi) is 7.11. The number of rotatable bonds is 7. The summed E-state index contributed by atoms with van der Waals surface area (Å²) < 4.78 is 15.8. The molecule has 3 aromatic rings. The van der Waals surface area contributed by atoms with Crippen molar-refractivity contribution >= 4 is 41.3 Å². The molecule has 0 spiro atoms. The summed E-state index contributed by atoms with van der Waals surface area (Å²) in [6.07, 6.45) is 1.33. The third-order valence-corrected chi connectivity index (χ3v) is 4.39. The predicted octanol–water partition coefficient (Wildman–Crippen LogP) is 4.57. The largest absolute Gasteiger partial charge is 0.482 e. The van der Waals surface area contributed by atoms with Gasteiger partial charge in [-0.25, -0.2) is 10.2 Å². The van der Waals surface area contributed by atoms with Gasteiger partial charge in [0, 0.05) is 10.6 Å². The molecule has 0 atom stereocenters. The Bertz CT molecular complexity index is 1090. The van der Waals surface area contributed by atoms with Crippen LogP contribution in [0.4, 0.5) is 0 Å². The first-order chi connectivity index (χ1) is 14.5. The Hall–Kier alpha value is -3.29. The van der Waals surface area contributed by atoms with Crippen molar-refractivity contribution < 1.29 is 23.5 Å². The molecule has 0 bridgehead atoms. The number of esters is 1. The molecular weight excluding hydrogens is 431 g/mol. The van der Waals surface area contributed by atoms with Crippen LogP contribution in [0.1, 0.15) is 16.1 Å². The molecule has 154 valence electrons. The minimum absolute atomic E-state index is 0.283. The van der Waals surface area contributed by atoms with E-state index in [0.717, 1.165) is 0 Å². The molecule has 0 aliphatic rings. The Morgan fingerprint density at radius 1 is 1.13 bits per heavy atom. The summed E-state index contributed by atoms with van der Waals surface area (Å²) in [6, 6.07) is 14.9. The first kappa shape index (κ1) is 21.4. The number of hydrogen-bond donors (Lipinski definition) is 1. The van der Waals surface area contributed by atoms with E-state index in [-0.39, 0.29) is 6.61 Å². The molecule has 0 aliphatic heterocycles. The molecule has 0 aliphatic carbocycles. The number of hydrazone groups is 1. The number of hydrogen-bond acceptors (Lipinski definition) is 6. The second kappa shape index (κ2) is 9.96. The maximum atomic E-state index is 11.9. The van der Waals surface area contributed by atoms with Crippen molar-refractivity contribution in [2.75, 3.05) is 13.7 Å². The molecule has 1 aromatic heterocycles. The fraction of sp³-hybridized carbons (Fsp3) is 0.0952. The first-order valence-electron chi connectivity index (χ1n) is 8.65. The molecule has 0 saturated heterocycles. The summed E-state index contributed by atoms with van der Waals surface area (Å²) in [6.45, 7) is -0.283. The minimum Gasteiger partial charge on any atom is -0.482 e. The number of furan rings is 1. The molecule has 1 amide bonds. The van der Waals surface area contributed by atoms with E-state index in [4.69, 9.17) is 37.1 Å². The lowest BCUT2D eigenvalue weighted by molar-refractivity contribution is -0.123. The van der Waals surface area contributed by atoms with Crippen LogP contribution in [0.5, 0.6) is 5.75 Å². The van der Waals surface area contributed by atoms with Crippen molar-refractivity contribution in [1.29, 1.82) is 0 Å². The zero-order valence-electron chi connectivity index (χ0n) is 15.7. The van der Waals surface area contributed by atoms with E-state index < -0.39 is 11.9 Å². The number of carbonyl (C=O) groups is 2. The fourth-order valence-corrected chi connectivity index (χ4v) is 2.95. The second-order valence-corrected chi connectivity index (χ2v) is 6.74. The molecule has 0 fully saturated rings. The Balaban J connectivity index is 1.58. The van der Waals surface area contributed by atoms with Crippen molar-refractivity contribution in [1.82, 2.24) is 5.43 Å². The van der Waals surface area contributed by atoms with Gasteiger partial charge < -0.3 is 13.9 Å². The maximum Gasteiger partial charge on any atom is 0.338 e. The molecule has 1 heterocycles. The average Bonchev–Trinajstić information content (AvgIpc) is 3.21. The van der Waals surface area contributed by atoms with Crippen molar-refractivity contribution in [3.05, 3.63) is 76.0 Å². The molecule has 3 rings (SSSR count). The van der Waals surface area contributed by atoms with Crippen LogP contribution in [0.2, 0.25) is 10.0 Å². The van der Waals surface area contributed by atoms with Crippen molar-refractivity contribution in [2.24, 2.45) is 5.10 Å². The van der Waals surface area contributed by atoms with Gasteiger partial charge in [0.05, 0.1) is 23.9 Å². The van der Waals surface area contributed by atoms with Crippen molar-refractivity contribution in [3.8, 4) is 17.1 Å². The summed E-state index contributed by atoms with van der Waals surface area (Å²) in [5.41, 5.74) is 3.29. The lowest BCUT2D eigenvalue weighted by atomic mass is 10.1. The smallest absolute Gasteiger partial charge is 0.338 e. The summed E-state index contributed by atoms with van der Waals surface area (Å²) in [4.78, 5) is 23.8. The first-order valence-corrected chi connectivity index (χ1v) is 9.41. The molecule has 1 N–H and O–H groups in total. The Morgan fingerprint density at radius 2 is 1.93 bits per heavy atom. The Morgan fingerprint density at radius 3 is 2.70 bits per heavy atom. The standard InChI is InChI=1S/C21H16Cl2N2O5/c1-28-21(27)16-5-3-2-4-15(16)18-9-7-14(30-18)11-24-25-20(26)12-29-19-8-6-13(22)10-17(19)23/h2-11H,12H2,1H3,(H,25,26)/b24-11-. The topological polar surface area (TPSA) is 90.1 Å². The third kappa shape index (κ3) is 5.40. The van der Waals surface area contributed by atoms with E-state index in [0.29, 0.717) is 38.4 Å². The summed E-state index contributed by atoms with van der Waals surface area (Å²) >= 11 is 11.8. The number of amides is 1. The van der Waals surface area contributed by atoms with Crippen LogP contribution in [0.3, 0.4) is 0 Å². The SMILES string of the molecule is COC(=O)c1ccccc1-c1ccc(/C=N\NC(=O)COc2ccc(Cl)cc2Cl)o1. The number of ether oxygens (including phenoxy) is 2. The molecule has 30 heavy (non-hydrogen) atoms. The maximum absolute atomic E-state index is 11.9. The zero-order chi connectivity index (χ0) is 21.5. The minimum atomic E-state index is -0.486. The van der Waals surface area contributed by atoms with E-state index in [2.05, 4.69) is 10.5 Å². The van der Waals surface area contributed by atoms with Gasteiger partial charge in [0.25, 0.3) is 5.91 Å². The zero-order valence-corrected chi connectivity index (χ0v) is 17.2. The predicted molar refractivity (Wildman–Crippen MR) is 113 cm³/mol. The van der Waals surface area contributed by atoms with Crippen LogP contribution < -0.4 is 10.2 Å². The second-order valence-electron chi connectivity index (χ2n) is 5.90. The van der Waals surface area contributed by atoms with Gasteiger partial charge in [-0.3, -0.25) is 4.79 Å². The summed E-state index contributed by atoms with van der Waals surface area (Å²) in [5.74, 6) is 0.224. The number of methoxy groups -OCH3 is 1. The van der Waals surface area contributed by atoms with Crippen LogP contribution in [-0.2, 0) is 9.53 Å². The van der Waals surface area contributed by atoms with Crippen LogP contribution >= 0.6 is 23.2 Å². The van der Waals surface area contributed by atoms with Crippen LogP contribution in [0.15, 0.2) is 64.1 Å². The molecule has 7 nitrogen and oxygen atoms in total. The lowest BCUT2D eigenvalue weighted by Crippen LogP contribution is -2.24. The van der Waals surface area contributed by atoms with Crippen LogP contribution in [-0.4, -0.2) is 31.8 Å². The highest BCUT2D eigenvalue weighted by Crippen LogP contribution is 2.27. The fourth-order valence-electron chi connectivity index (χ4n) is 2.49. The van der Waals surface area contributed by atoms with E-state index in [1.165, 1.54) is 19.4 Å². The van der Waals surface area contributed by atoms with E-state index in [1.54, 1.807) is 48.5 Å². The number of nitrogens with zero attached hydrogens (tertiary/aromatic N) is 1. The van der Waals surface area contributed by atoms with Gasteiger partial charge >= 0.3 is 5.97 Å². The van der Waals surface area contributed by atoms with Gasteiger partial charge in [-0.15, -0.1) is 0 Å². The van der Waals surface area contributed by atoms with E-state index in [1.807, 2.05) is 0 Å². The summed E-state index contributed by atoms with van der Waals surface area (Å²) in [5, 5.41) is 4.59. The lowest BCUT2D eigenvalue weighted by Gasteiger charge is -2.06. The Labute approximate surface area is 182 Å².